The molecule has 12 heteroatoms. The lowest BCUT2D eigenvalue weighted by molar-refractivity contribution is -0.258. The van der Waals surface area contributed by atoms with Crippen LogP contribution in [-0.4, -0.2) is 38.1 Å². The Kier molecular flexibility index (Phi) is 6.98. The van der Waals surface area contributed by atoms with Crippen LogP contribution in [0.1, 0.15) is 0 Å². The first kappa shape index (κ1) is 23.1. The molecular weight excluding hydrogens is 436 g/mol. The van der Waals surface area contributed by atoms with Crippen molar-refractivity contribution in [1.29, 1.82) is 0 Å². The molecule has 0 unspecified atom stereocenters. The maximum absolute atomic E-state index is 13.9. The Labute approximate surface area is 172 Å². The molecule has 0 aliphatic rings. The van der Waals surface area contributed by atoms with Gasteiger partial charge in [0.15, 0.2) is 0 Å². The van der Waals surface area contributed by atoms with Gasteiger partial charge < -0.3 is 19.5 Å². The van der Waals surface area contributed by atoms with Crippen molar-refractivity contribution in [2.75, 3.05) is 19.5 Å². The summed E-state index contributed by atoms with van der Waals surface area (Å²) in [5.41, 5.74) is -4.01. The molecule has 2 aromatic rings. The third-order valence-electron chi connectivity index (χ3n) is 3.66. The van der Waals surface area contributed by atoms with Gasteiger partial charge >= 0.3 is 23.9 Å². The first-order chi connectivity index (χ1) is 14.0. The number of methoxy groups -OCH3 is 2. The van der Waals surface area contributed by atoms with Crippen LogP contribution in [0.25, 0.3) is 0 Å². The van der Waals surface area contributed by atoms with Gasteiger partial charge in [0.25, 0.3) is 0 Å². The standard InChI is InChI=1S/C18H15ClF4N2O5/c1-28-14-8-3-10(19)9-13(14)24-16(27)25-17(15(26)29-2,18(21,22)23)30-12-6-4-11(20)5-7-12/h3-9H,1-2H3,(H2,24,25,27)/t17-/m1/s1. The fourth-order valence-corrected chi connectivity index (χ4v) is 2.45. The second-order valence-electron chi connectivity index (χ2n) is 5.65. The van der Waals surface area contributed by atoms with Crippen molar-refractivity contribution in [3.8, 4) is 11.5 Å². The SMILES string of the molecule is COC(=O)[C@@](NC(=O)Nc1cc(Cl)ccc1OC)(Oc1ccc(F)cc1)C(F)(F)F. The number of halogens is 5. The van der Waals surface area contributed by atoms with Crippen LogP contribution >= 0.6 is 11.6 Å². The molecule has 0 spiro atoms. The lowest BCUT2D eigenvalue weighted by Gasteiger charge is -2.33. The molecule has 0 saturated heterocycles. The highest BCUT2D eigenvalue weighted by Gasteiger charge is 2.66. The number of amides is 2. The molecule has 0 saturated carbocycles. The van der Waals surface area contributed by atoms with E-state index in [-0.39, 0.29) is 16.5 Å². The third kappa shape index (κ3) is 5.03. The molecule has 162 valence electrons. The largest absolute Gasteiger partial charge is 0.495 e. The van der Waals surface area contributed by atoms with Crippen LogP contribution in [0, 0.1) is 5.82 Å². The van der Waals surface area contributed by atoms with Gasteiger partial charge in [0, 0.05) is 5.02 Å². The van der Waals surface area contributed by atoms with Gasteiger partial charge in [-0.2, -0.15) is 13.2 Å². The minimum Gasteiger partial charge on any atom is -0.495 e. The molecule has 2 aromatic carbocycles. The minimum atomic E-state index is -5.47. The van der Waals surface area contributed by atoms with E-state index in [9.17, 15) is 27.2 Å². The smallest absolute Gasteiger partial charge is 0.460 e. The third-order valence-corrected chi connectivity index (χ3v) is 3.89. The summed E-state index contributed by atoms with van der Waals surface area (Å²) in [5.74, 6) is -3.19. The van der Waals surface area contributed by atoms with Crippen molar-refractivity contribution in [3.63, 3.8) is 0 Å². The Hall–Kier alpha value is -3.21. The fraction of sp³-hybridized carbons (Fsp3) is 0.222. The van der Waals surface area contributed by atoms with Crippen molar-refractivity contribution in [2.24, 2.45) is 0 Å². The highest BCUT2D eigenvalue weighted by molar-refractivity contribution is 6.31. The van der Waals surface area contributed by atoms with Crippen molar-refractivity contribution >= 4 is 29.3 Å². The van der Waals surface area contributed by atoms with Crippen LogP contribution in [0.4, 0.5) is 28.0 Å². The zero-order chi connectivity index (χ0) is 22.5. The van der Waals surface area contributed by atoms with Crippen LogP contribution in [0.5, 0.6) is 11.5 Å². The summed E-state index contributed by atoms with van der Waals surface area (Å²) in [7, 11) is 1.94. The quantitative estimate of drug-likeness (QED) is 0.393. The molecule has 0 fully saturated rings. The molecule has 1 atom stereocenters. The Morgan fingerprint density at radius 3 is 2.20 bits per heavy atom. The lowest BCUT2D eigenvalue weighted by atomic mass is 10.2. The molecule has 0 heterocycles. The van der Waals surface area contributed by atoms with Crippen molar-refractivity contribution < 1.29 is 41.4 Å². The zero-order valence-electron chi connectivity index (χ0n) is 15.5. The van der Waals surface area contributed by atoms with Gasteiger partial charge in [0.05, 0.1) is 19.9 Å². The highest BCUT2D eigenvalue weighted by Crippen LogP contribution is 2.35. The molecular formula is C18H15ClF4N2O5. The first-order valence-corrected chi connectivity index (χ1v) is 8.42. The summed E-state index contributed by atoms with van der Waals surface area (Å²) in [5, 5.41) is 3.69. The van der Waals surface area contributed by atoms with E-state index >= 15 is 0 Å². The number of anilines is 1. The molecule has 0 bridgehead atoms. The molecule has 2 N–H and O–H groups in total. The maximum atomic E-state index is 13.9. The van der Waals surface area contributed by atoms with Gasteiger partial charge in [-0.15, -0.1) is 0 Å². The van der Waals surface area contributed by atoms with Crippen LogP contribution in [0.3, 0.4) is 0 Å². The Morgan fingerprint density at radius 1 is 1.03 bits per heavy atom. The van der Waals surface area contributed by atoms with E-state index in [4.69, 9.17) is 21.1 Å². The number of ether oxygens (including phenoxy) is 3. The number of nitrogens with one attached hydrogen (secondary N) is 2. The Bertz CT molecular complexity index is 924. The molecule has 2 rings (SSSR count). The van der Waals surface area contributed by atoms with Crippen LogP contribution < -0.4 is 20.1 Å². The van der Waals surface area contributed by atoms with E-state index in [1.165, 1.54) is 30.6 Å². The highest BCUT2D eigenvalue weighted by atomic mass is 35.5. The zero-order valence-corrected chi connectivity index (χ0v) is 16.2. The predicted molar refractivity (Wildman–Crippen MR) is 98.0 cm³/mol. The van der Waals surface area contributed by atoms with Crippen molar-refractivity contribution in [1.82, 2.24) is 5.32 Å². The number of rotatable bonds is 6. The van der Waals surface area contributed by atoms with Gasteiger partial charge in [-0.25, -0.2) is 14.0 Å². The summed E-state index contributed by atoms with van der Waals surface area (Å²) < 4.78 is 68.7. The summed E-state index contributed by atoms with van der Waals surface area (Å²) in [6.45, 7) is 0. The monoisotopic (exact) mass is 450 g/mol. The molecule has 0 aliphatic heterocycles. The molecule has 7 nitrogen and oxygen atoms in total. The molecule has 0 radical (unpaired) electrons. The van der Waals surface area contributed by atoms with E-state index < -0.39 is 35.5 Å². The van der Waals surface area contributed by atoms with E-state index in [1.54, 1.807) is 0 Å². The van der Waals surface area contributed by atoms with Crippen molar-refractivity contribution in [2.45, 2.75) is 11.9 Å². The Balaban J connectivity index is 2.41. The first-order valence-electron chi connectivity index (χ1n) is 8.05. The number of alkyl halides is 3. The van der Waals surface area contributed by atoms with Crippen molar-refractivity contribution in [3.05, 3.63) is 53.3 Å². The summed E-state index contributed by atoms with van der Waals surface area (Å²) >= 11 is 5.82. The topological polar surface area (TPSA) is 85.9 Å². The lowest BCUT2D eigenvalue weighted by Crippen LogP contribution is -2.68. The van der Waals surface area contributed by atoms with Crippen LogP contribution in [-0.2, 0) is 9.53 Å². The average Bonchev–Trinajstić information content (AvgIpc) is 2.67. The summed E-state index contributed by atoms with van der Waals surface area (Å²) in [4.78, 5) is 24.4. The van der Waals surface area contributed by atoms with Crippen LogP contribution in [0.2, 0.25) is 5.02 Å². The fourth-order valence-electron chi connectivity index (χ4n) is 2.28. The number of hydrogen-bond donors (Lipinski definition) is 2. The van der Waals surface area contributed by atoms with Gasteiger partial charge in [-0.05, 0) is 42.5 Å². The molecule has 0 aromatic heterocycles. The number of urea groups is 1. The summed E-state index contributed by atoms with van der Waals surface area (Å²) in [6.07, 6.45) is -5.47. The number of benzene rings is 2. The van der Waals surface area contributed by atoms with E-state index in [1.807, 2.05) is 0 Å². The van der Waals surface area contributed by atoms with E-state index in [0.717, 1.165) is 24.3 Å². The van der Waals surface area contributed by atoms with Gasteiger partial charge in [-0.1, -0.05) is 11.6 Å². The number of esters is 1. The predicted octanol–water partition coefficient (Wildman–Crippen LogP) is 4.12. The van der Waals surface area contributed by atoms with Crippen LogP contribution in [0.15, 0.2) is 42.5 Å². The second-order valence-corrected chi connectivity index (χ2v) is 6.09. The second kappa shape index (κ2) is 9.08. The number of carbonyl (C=O) groups is 2. The van der Waals surface area contributed by atoms with Gasteiger partial charge in [-0.3, -0.25) is 5.32 Å². The van der Waals surface area contributed by atoms with E-state index in [0.29, 0.717) is 7.11 Å². The maximum Gasteiger partial charge on any atom is 0.460 e. The van der Waals surface area contributed by atoms with E-state index in [2.05, 4.69) is 10.1 Å². The average molecular weight is 451 g/mol. The molecule has 0 aliphatic carbocycles. The number of carbonyl (C=O) groups excluding carboxylic acids is 2. The van der Waals surface area contributed by atoms with Gasteiger partial charge in [0.1, 0.15) is 17.3 Å². The normalized spacial score (nSPS) is 13.0. The number of hydrogen-bond acceptors (Lipinski definition) is 5. The molecule has 30 heavy (non-hydrogen) atoms. The van der Waals surface area contributed by atoms with Gasteiger partial charge in [0.2, 0.25) is 0 Å². The minimum absolute atomic E-state index is 0.0785. The Morgan fingerprint density at radius 2 is 1.67 bits per heavy atom. The molecule has 2 amide bonds. The summed E-state index contributed by atoms with van der Waals surface area (Å²) in [6, 6.07) is 5.83.